The largest absolute Gasteiger partial charge is 0.416 e. The molecule has 0 saturated carbocycles. The van der Waals surface area contributed by atoms with Crippen molar-refractivity contribution in [2.45, 2.75) is 59.4 Å². The van der Waals surface area contributed by atoms with Crippen LogP contribution in [0.3, 0.4) is 0 Å². The molecule has 10 heteroatoms. The molecule has 0 atom stereocenters. The van der Waals surface area contributed by atoms with E-state index in [2.05, 4.69) is 9.55 Å². The highest BCUT2D eigenvalue weighted by Crippen LogP contribution is 2.31. The van der Waals surface area contributed by atoms with Crippen LogP contribution >= 0.6 is 0 Å². The third kappa shape index (κ3) is 5.33. The molecule has 3 heterocycles. The topological polar surface area (TPSA) is 86.3 Å². The van der Waals surface area contributed by atoms with Gasteiger partial charge in [0.1, 0.15) is 17.9 Å². The molecule has 1 saturated heterocycles. The molecular formula is C26H32F3N5O2. The van der Waals surface area contributed by atoms with Crippen LogP contribution in [0.1, 0.15) is 59.2 Å². The van der Waals surface area contributed by atoms with Crippen LogP contribution in [-0.4, -0.2) is 45.0 Å². The lowest BCUT2D eigenvalue weighted by Crippen LogP contribution is -2.38. The van der Waals surface area contributed by atoms with Gasteiger partial charge in [-0.2, -0.15) is 13.2 Å². The Morgan fingerprint density at radius 2 is 1.92 bits per heavy atom. The minimum atomic E-state index is -4.47. The number of hydrogen-bond donors (Lipinski definition) is 1. The number of carbonyl (C=O) groups excluding carboxylic acids is 1. The van der Waals surface area contributed by atoms with Gasteiger partial charge in [0.25, 0.3) is 5.91 Å². The number of nitrogen functional groups attached to an aromatic ring is 1. The fourth-order valence-corrected chi connectivity index (χ4v) is 4.84. The molecule has 1 fully saturated rings. The van der Waals surface area contributed by atoms with E-state index < -0.39 is 11.7 Å². The average Bonchev–Trinajstić information content (AvgIpc) is 3.23. The number of halogens is 3. The van der Waals surface area contributed by atoms with Crippen LogP contribution in [-0.2, 0) is 24.1 Å². The number of imidazole rings is 1. The van der Waals surface area contributed by atoms with Crippen LogP contribution in [0.25, 0.3) is 11.0 Å². The van der Waals surface area contributed by atoms with E-state index in [9.17, 15) is 18.0 Å². The lowest BCUT2D eigenvalue weighted by Gasteiger charge is -2.32. The van der Waals surface area contributed by atoms with Crippen LogP contribution in [0.15, 0.2) is 24.3 Å². The zero-order chi connectivity index (χ0) is 26.0. The molecule has 0 aliphatic carbocycles. The molecule has 0 bridgehead atoms. The van der Waals surface area contributed by atoms with Crippen molar-refractivity contribution in [2.24, 2.45) is 5.92 Å². The van der Waals surface area contributed by atoms with Crippen molar-refractivity contribution in [1.29, 1.82) is 0 Å². The highest BCUT2D eigenvalue weighted by molar-refractivity contribution is 5.94. The summed E-state index contributed by atoms with van der Waals surface area (Å²) < 4.78 is 46.9. The maximum atomic E-state index is 13.0. The number of aromatic nitrogens is 3. The number of nitrogens with zero attached hydrogens (tertiary/aromatic N) is 4. The van der Waals surface area contributed by atoms with Crippen molar-refractivity contribution in [3.05, 3.63) is 52.5 Å². The number of pyridine rings is 1. The number of likely N-dealkylation sites (tertiary alicyclic amines) is 1. The molecule has 7 nitrogen and oxygen atoms in total. The standard InChI is InChI=1S/C26H32F3N5O2/c1-4-36-15-21-32-22-23(16(2)17(3)31-24(22)30)34(21)13-10-18-8-11-33(12-9-18)25(35)19-6-5-7-20(14-19)26(27,28)29/h5-7,14,18H,4,8-13,15H2,1-3H3,(H2,30,31). The number of carbonyl (C=O) groups is 1. The molecule has 4 rings (SSSR count). The fourth-order valence-electron chi connectivity index (χ4n) is 4.84. The predicted octanol–water partition coefficient (Wildman–Crippen LogP) is 5.13. The first kappa shape index (κ1) is 25.9. The Labute approximate surface area is 208 Å². The van der Waals surface area contributed by atoms with Gasteiger partial charge in [0.15, 0.2) is 5.82 Å². The number of ether oxygens (including phenoxy) is 1. The summed E-state index contributed by atoms with van der Waals surface area (Å²) in [6, 6.07) is 4.64. The second-order valence-corrected chi connectivity index (χ2v) is 9.32. The number of anilines is 1. The van der Waals surface area contributed by atoms with Gasteiger partial charge in [0.05, 0.1) is 11.1 Å². The smallest absolute Gasteiger partial charge is 0.382 e. The number of hydrogen-bond acceptors (Lipinski definition) is 5. The van der Waals surface area contributed by atoms with E-state index in [1.807, 2.05) is 20.8 Å². The van der Waals surface area contributed by atoms with Crippen molar-refractivity contribution >= 4 is 22.8 Å². The first-order valence-electron chi connectivity index (χ1n) is 12.3. The number of benzene rings is 1. The van der Waals surface area contributed by atoms with Crippen molar-refractivity contribution in [3.63, 3.8) is 0 Å². The summed E-state index contributed by atoms with van der Waals surface area (Å²) in [4.78, 5) is 23.6. The van der Waals surface area contributed by atoms with Gasteiger partial charge in [0, 0.05) is 37.5 Å². The predicted molar refractivity (Wildman–Crippen MR) is 131 cm³/mol. The summed E-state index contributed by atoms with van der Waals surface area (Å²) in [5.74, 6) is 1.25. The van der Waals surface area contributed by atoms with Gasteiger partial charge < -0.3 is 19.9 Å². The van der Waals surface area contributed by atoms with Crippen LogP contribution in [0.2, 0.25) is 0 Å². The second-order valence-electron chi connectivity index (χ2n) is 9.32. The van der Waals surface area contributed by atoms with E-state index in [4.69, 9.17) is 15.5 Å². The summed E-state index contributed by atoms with van der Waals surface area (Å²) in [6.45, 7) is 8.62. The van der Waals surface area contributed by atoms with Crippen molar-refractivity contribution < 1.29 is 22.7 Å². The van der Waals surface area contributed by atoms with Crippen molar-refractivity contribution in [3.8, 4) is 0 Å². The third-order valence-electron chi connectivity index (χ3n) is 7.01. The van der Waals surface area contributed by atoms with E-state index in [-0.39, 0.29) is 11.5 Å². The molecule has 194 valence electrons. The zero-order valence-corrected chi connectivity index (χ0v) is 20.9. The molecule has 0 spiro atoms. The quantitative estimate of drug-likeness (QED) is 0.483. The Balaban J connectivity index is 1.44. The van der Waals surface area contributed by atoms with E-state index >= 15 is 0 Å². The van der Waals surface area contributed by atoms with E-state index in [1.165, 1.54) is 12.1 Å². The molecule has 1 aromatic carbocycles. The molecule has 36 heavy (non-hydrogen) atoms. The summed E-state index contributed by atoms with van der Waals surface area (Å²) in [5.41, 5.74) is 9.01. The Morgan fingerprint density at radius 1 is 1.19 bits per heavy atom. The number of amides is 1. The van der Waals surface area contributed by atoms with Gasteiger partial charge in [-0.25, -0.2) is 9.97 Å². The highest BCUT2D eigenvalue weighted by Gasteiger charge is 2.32. The molecule has 1 aliphatic rings. The number of rotatable bonds is 7. The SMILES string of the molecule is CCOCc1nc2c(N)nc(C)c(C)c2n1CCC1CCN(C(=O)c2cccc(C(F)(F)F)c2)CC1. The molecule has 1 aliphatic heterocycles. The monoisotopic (exact) mass is 503 g/mol. The lowest BCUT2D eigenvalue weighted by molar-refractivity contribution is -0.137. The number of fused-ring (bicyclic) bond motifs is 1. The first-order chi connectivity index (χ1) is 17.1. The minimum Gasteiger partial charge on any atom is -0.382 e. The second kappa shape index (κ2) is 10.5. The lowest BCUT2D eigenvalue weighted by atomic mass is 9.93. The van der Waals surface area contributed by atoms with E-state index in [0.29, 0.717) is 43.6 Å². The molecule has 2 aromatic heterocycles. The molecule has 1 amide bonds. The van der Waals surface area contributed by atoms with E-state index in [0.717, 1.165) is 60.5 Å². The Bertz CT molecular complexity index is 1250. The van der Waals surface area contributed by atoms with Crippen LogP contribution in [0.5, 0.6) is 0 Å². The van der Waals surface area contributed by atoms with Crippen LogP contribution < -0.4 is 5.73 Å². The normalized spacial score (nSPS) is 15.1. The maximum absolute atomic E-state index is 13.0. The van der Waals surface area contributed by atoms with Gasteiger partial charge in [-0.1, -0.05) is 6.07 Å². The fraction of sp³-hybridized carbons (Fsp3) is 0.500. The Hall–Kier alpha value is -3.14. The summed E-state index contributed by atoms with van der Waals surface area (Å²) in [7, 11) is 0. The summed E-state index contributed by atoms with van der Waals surface area (Å²) in [6.07, 6.45) is -2.00. The zero-order valence-electron chi connectivity index (χ0n) is 20.9. The Kier molecular flexibility index (Phi) is 7.54. The number of nitrogens with two attached hydrogens (primary N) is 1. The molecule has 0 radical (unpaired) electrons. The summed E-state index contributed by atoms with van der Waals surface area (Å²) in [5, 5.41) is 0. The maximum Gasteiger partial charge on any atom is 0.416 e. The average molecular weight is 504 g/mol. The number of alkyl halides is 3. The van der Waals surface area contributed by atoms with E-state index in [1.54, 1.807) is 4.90 Å². The van der Waals surface area contributed by atoms with Crippen LogP contribution in [0.4, 0.5) is 19.0 Å². The number of aryl methyl sites for hydroxylation is 3. The van der Waals surface area contributed by atoms with Gasteiger partial charge >= 0.3 is 6.18 Å². The molecule has 2 N–H and O–H groups in total. The molecule has 0 unspecified atom stereocenters. The molecule has 3 aromatic rings. The van der Waals surface area contributed by atoms with Crippen molar-refractivity contribution in [1.82, 2.24) is 19.4 Å². The summed E-state index contributed by atoms with van der Waals surface area (Å²) >= 11 is 0. The highest BCUT2D eigenvalue weighted by atomic mass is 19.4. The minimum absolute atomic E-state index is 0.0748. The Morgan fingerprint density at radius 3 is 2.58 bits per heavy atom. The van der Waals surface area contributed by atoms with Crippen molar-refractivity contribution in [2.75, 3.05) is 25.4 Å². The van der Waals surface area contributed by atoms with Gasteiger partial charge in [0.2, 0.25) is 0 Å². The third-order valence-corrected chi connectivity index (χ3v) is 7.01. The van der Waals surface area contributed by atoms with Gasteiger partial charge in [-0.15, -0.1) is 0 Å². The molecular weight excluding hydrogens is 471 g/mol. The van der Waals surface area contributed by atoms with Gasteiger partial charge in [-0.05, 0) is 69.7 Å². The van der Waals surface area contributed by atoms with Crippen LogP contribution in [0, 0.1) is 19.8 Å². The first-order valence-corrected chi connectivity index (χ1v) is 12.3. The number of piperidine rings is 1. The van der Waals surface area contributed by atoms with Gasteiger partial charge in [-0.3, -0.25) is 4.79 Å².